The molecule has 0 radical (unpaired) electrons. The van der Waals surface area contributed by atoms with E-state index in [1.165, 1.54) is 97.3 Å². The first-order chi connectivity index (χ1) is 32.8. The number of carbonyl (C=O) groups excluding carboxylic acids is 4. The Hall–Kier alpha value is -8.40. The molecule has 2 N–H and O–H groups in total. The number of nitrogens with one attached hydrogen (secondary N) is 2. The summed E-state index contributed by atoms with van der Waals surface area (Å²) in [4.78, 5) is 53.6. The predicted molar refractivity (Wildman–Crippen MR) is 255 cm³/mol. The molecular formula is C52H52N2O14. The molecule has 16 heteroatoms. The molecule has 2 amide bonds. The molecule has 0 spiro atoms. The lowest BCUT2D eigenvalue weighted by Crippen LogP contribution is -2.14. The molecule has 0 heterocycles. The fraction of sp³-hybridized carbons (Fsp3) is 0.231. The van der Waals surface area contributed by atoms with E-state index in [0.717, 1.165) is 22.3 Å². The Morgan fingerprint density at radius 2 is 0.750 bits per heavy atom. The molecule has 0 fully saturated rings. The fourth-order valence-electron chi connectivity index (χ4n) is 7.18. The van der Waals surface area contributed by atoms with E-state index in [1.807, 2.05) is 52.0 Å². The maximum Gasteiger partial charge on any atom is 0.347 e. The third kappa shape index (κ3) is 11.0. The van der Waals surface area contributed by atoms with Crippen LogP contribution in [-0.2, 0) is 0 Å². The number of amides is 2. The van der Waals surface area contributed by atoms with Crippen molar-refractivity contribution in [3.63, 3.8) is 0 Å². The molecule has 0 saturated heterocycles. The van der Waals surface area contributed by atoms with Gasteiger partial charge in [0.2, 0.25) is 0 Å². The van der Waals surface area contributed by atoms with Crippen molar-refractivity contribution in [2.24, 2.45) is 0 Å². The fourth-order valence-corrected chi connectivity index (χ4v) is 7.18. The van der Waals surface area contributed by atoms with Gasteiger partial charge in [-0.2, -0.15) is 0 Å². The largest absolute Gasteiger partial charge is 0.496 e. The number of carbonyl (C=O) groups is 4. The lowest BCUT2D eigenvalue weighted by atomic mass is 9.95. The predicted octanol–water partition coefficient (Wildman–Crippen LogP) is 9.76. The molecule has 0 aliphatic heterocycles. The molecule has 354 valence electrons. The second kappa shape index (κ2) is 22.2. The highest BCUT2D eigenvalue weighted by molar-refractivity contribution is 6.06. The number of ether oxygens (including phenoxy) is 10. The molecule has 16 nitrogen and oxygen atoms in total. The van der Waals surface area contributed by atoms with Gasteiger partial charge in [-0.1, -0.05) is 12.1 Å². The lowest BCUT2D eigenvalue weighted by Gasteiger charge is -2.16. The van der Waals surface area contributed by atoms with E-state index in [2.05, 4.69) is 10.6 Å². The van der Waals surface area contributed by atoms with Gasteiger partial charge in [0.05, 0.1) is 55.9 Å². The average molecular weight is 929 g/mol. The van der Waals surface area contributed by atoms with Crippen LogP contribution in [0.25, 0.3) is 11.1 Å². The Bertz CT molecular complexity index is 2860. The molecule has 0 aliphatic rings. The summed E-state index contributed by atoms with van der Waals surface area (Å²) in [6, 6.07) is 26.1. The van der Waals surface area contributed by atoms with Gasteiger partial charge in [-0.25, -0.2) is 9.59 Å². The Morgan fingerprint density at radius 1 is 0.397 bits per heavy atom. The molecule has 6 aromatic carbocycles. The average Bonchev–Trinajstić information content (AvgIpc) is 3.34. The van der Waals surface area contributed by atoms with Gasteiger partial charge in [-0.15, -0.1) is 0 Å². The topological polar surface area (TPSA) is 185 Å². The summed E-state index contributed by atoms with van der Waals surface area (Å²) in [6.07, 6.45) is 0. The van der Waals surface area contributed by atoms with Crippen molar-refractivity contribution in [2.45, 2.75) is 27.7 Å². The van der Waals surface area contributed by atoms with Crippen LogP contribution >= 0.6 is 0 Å². The minimum absolute atomic E-state index is 0.0851. The summed E-state index contributed by atoms with van der Waals surface area (Å²) in [7, 11) is 8.57. The summed E-state index contributed by atoms with van der Waals surface area (Å²) in [5, 5.41) is 5.85. The number of methoxy groups -OCH3 is 6. The zero-order valence-corrected chi connectivity index (χ0v) is 39.4. The van der Waals surface area contributed by atoms with Crippen LogP contribution in [0.15, 0.2) is 97.1 Å². The van der Waals surface area contributed by atoms with Gasteiger partial charge in [0.15, 0.2) is 46.0 Å². The number of rotatable bonds is 19. The zero-order valence-electron chi connectivity index (χ0n) is 39.4. The lowest BCUT2D eigenvalue weighted by molar-refractivity contribution is 0.0716. The van der Waals surface area contributed by atoms with Gasteiger partial charge in [-0.3, -0.25) is 9.59 Å². The molecule has 0 atom stereocenters. The van der Waals surface area contributed by atoms with E-state index >= 15 is 0 Å². The van der Waals surface area contributed by atoms with Crippen LogP contribution < -0.4 is 58.0 Å². The number of hydrogen-bond acceptors (Lipinski definition) is 14. The van der Waals surface area contributed by atoms with Gasteiger partial charge in [0.1, 0.15) is 22.6 Å². The maximum atomic E-state index is 13.5. The Morgan fingerprint density at radius 3 is 1.13 bits per heavy atom. The summed E-state index contributed by atoms with van der Waals surface area (Å²) in [5.41, 5.74) is 5.44. The molecule has 68 heavy (non-hydrogen) atoms. The number of aryl methyl sites for hydroxylation is 2. The Balaban J connectivity index is 1.10. The quantitative estimate of drug-likeness (QED) is 0.0578. The highest BCUT2D eigenvalue weighted by atomic mass is 16.6. The van der Waals surface area contributed by atoms with Crippen LogP contribution in [0.3, 0.4) is 0 Å². The van der Waals surface area contributed by atoms with E-state index in [9.17, 15) is 19.2 Å². The number of esters is 2. The Labute approximate surface area is 393 Å². The van der Waals surface area contributed by atoms with Crippen molar-refractivity contribution in [1.82, 2.24) is 0 Å². The molecule has 0 saturated carbocycles. The number of hydrogen-bond donors (Lipinski definition) is 2. The normalized spacial score (nSPS) is 10.6. The van der Waals surface area contributed by atoms with E-state index in [-0.39, 0.29) is 56.8 Å². The van der Waals surface area contributed by atoms with Crippen LogP contribution in [-0.4, -0.2) is 79.6 Å². The highest BCUT2D eigenvalue weighted by Gasteiger charge is 2.24. The zero-order chi connectivity index (χ0) is 49.1. The van der Waals surface area contributed by atoms with Crippen LogP contribution in [0.1, 0.15) is 66.4 Å². The van der Waals surface area contributed by atoms with Gasteiger partial charge < -0.3 is 58.0 Å². The van der Waals surface area contributed by atoms with Crippen molar-refractivity contribution < 1.29 is 66.5 Å². The first-order valence-electron chi connectivity index (χ1n) is 21.2. The van der Waals surface area contributed by atoms with Crippen LogP contribution in [0.2, 0.25) is 0 Å². The third-order valence-corrected chi connectivity index (χ3v) is 10.5. The standard InChI is InChI=1S/C52H52N2O14/c1-11-65-47-26-38(42(60-6)28-48(47)66-12-2)52(58)68-40-20-14-32(24-44(40)62-8)50(56)54-34-16-18-36(30(4)22-34)35-17-15-33(21-29(35)3)53-49(55)31-13-19-39(43(23-31)61-7)67-51(57)37-25-45(63-9)46(64-10)27-41(37)59-5/h13-28H,11-12H2,1-10H3,(H,53,55)(H,54,56). The summed E-state index contributed by atoms with van der Waals surface area (Å²) < 4.78 is 55.1. The minimum atomic E-state index is -0.741. The molecular weight excluding hydrogens is 877 g/mol. The minimum Gasteiger partial charge on any atom is -0.496 e. The van der Waals surface area contributed by atoms with E-state index in [4.69, 9.17) is 47.4 Å². The summed E-state index contributed by atoms with van der Waals surface area (Å²) in [5.74, 6) is 0.111. The first kappa shape index (κ1) is 49.0. The van der Waals surface area contributed by atoms with Gasteiger partial charge in [-0.05, 0) is 111 Å². The number of anilines is 2. The second-order valence-electron chi connectivity index (χ2n) is 14.8. The van der Waals surface area contributed by atoms with Gasteiger partial charge in [0, 0.05) is 46.8 Å². The molecule has 0 bridgehead atoms. The van der Waals surface area contributed by atoms with E-state index in [0.29, 0.717) is 47.6 Å². The van der Waals surface area contributed by atoms with Crippen molar-refractivity contribution in [3.05, 3.63) is 130 Å². The van der Waals surface area contributed by atoms with E-state index in [1.54, 1.807) is 18.2 Å². The summed E-state index contributed by atoms with van der Waals surface area (Å²) in [6.45, 7) is 8.25. The van der Waals surface area contributed by atoms with Crippen molar-refractivity contribution >= 4 is 35.1 Å². The second-order valence-corrected chi connectivity index (χ2v) is 14.8. The SMILES string of the molecule is CCOc1cc(OC)c(C(=O)Oc2ccc(C(=O)Nc3ccc(-c4ccc(NC(=O)c5ccc(OC(=O)c6cc(OC)c(OC)cc6OC)c(OC)c5)cc4C)c(C)c3)cc2OC)cc1OCC. The van der Waals surface area contributed by atoms with Crippen LogP contribution in [0, 0.1) is 13.8 Å². The highest BCUT2D eigenvalue weighted by Crippen LogP contribution is 2.39. The molecule has 0 aromatic heterocycles. The molecule has 6 aromatic rings. The van der Waals surface area contributed by atoms with Crippen LogP contribution in [0.5, 0.6) is 57.5 Å². The first-order valence-corrected chi connectivity index (χ1v) is 21.2. The number of benzene rings is 6. The van der Waals surface area contributed by atoms with E-state index < -0.39 is 23.8 Å². The molecule has 6 rings (SSSR count). The third-order valence-electron chi connectivity index (χ3n) is 10.5. The van der Waals surface area contributed by atoms with Crippen LogP contribution in [0.4, 0.5) is 11.4 Å². The maximum absolute atomic E-state index is 13.5. The molecule has 0 aliphatic carbocycles. The summed E-state index contributed by atoms with van der Waals surface area (Å²) >= 11 is 0. The monoisotopic (exact) mass is 928 g/mol. The van der Waals surface area contributed by atoms with Crippen molar-refractivity contribution in [2.75, 3.05) is 66.5 Å². The van der Waals surface area contributed by atoms with Crippen molar-refractivity contribution in [3.8, 4) is 68.6 Å². The van der Waals surface area contributed by atoms with Gasteiger partial charge >= 0.3 is 11.9 Å². The van der Waals surface area contributed by atoms with Gasteiger partial charge in [0.25, 0.3) is 11.8 Å². The Kier molecular flexibility index (Phi) is 16.0. The smallest absolute Gasteiger partial charge is 0.347 e. The molecule has 0 unspecified atom stereocenters. The van der Waals surface area contributed by atoms with Crippen molar-refractivity contribution in [1.29, 1.82) is 0 Å².